The summed E-state index contributed by atoms with van der Waals surface area (Å²) in [4.78, 5) is 20.8. The Kier molecular flexibility index (Phi) is 3.70. The maximum atomic E-state index is 11.9. The lowest BCUT2D eigenvalue weighted by Gasteiger charge is -1.95. The van der Waals surface area contributed by atoms with Crippen LogP contribution in [0.5, 0.6) is 5.75 Å². The highest BCUT2D eigenvalue weighted by molar-refractivity contribution is 8.18. The third kappa shape index (κ3) is 3.29. The first-order valence-electron chi connectivity index (χ1n) is 6.19. The topological polar surface area (TPSA) is 74.6 Å². The van der Waals surface area contributed by atoms with E-state index in [1.54, 1.807) is 48.8 Å². The summed E-state index contributed by atoms with van der Waals surface area (Å²) in [6.07, 6.45) is 5.05. The molecule has 3 rings (SSSR count). The van der Waals surface area contributed by atoms with Gasteiger partial charge in [-0.3, -0.25) is 9.78 Å². The fourth-order valence-electron chi connectivity index (χ4n) is 1.74. The van der Waals surface area contributed by atoms with Gasteiger partial charge in [0.2, 0.25) is 0 Å². The molecular formula is C15H11N3O2S. The normalized spacial score (nSPS) is 18.2. The lowest BCUT2D eigenvalue weighted by atomic mass is 10.2. The van der Waals surface area contributed by atoms with Gasteiger partial charge in [0.1, 0.15) is 5.75 Å². The summed E-state index contributed by atoms with van der Waals surface area (Å²) in [5.41, 5.74) is 1.53. The molecule has 0 bridgehead atoms. The zero-order valence-electron chi connectivity index (χ0n) is 10.9. The molecule has 1 fully saturated rings. The molecule has 0 radical (unpaired) electrons. The molecule has 5 nitrogen and oxygen atoms in total. The number of benzene rings is 1. The summed E-state index contributed by atoms with van der Waals surface area (Å²) < 4.78 is 0. The number of hydrogen-bond acceptors (Lipinski definition) is 5. The average molecular weight is 297 g/mol. The van der Waals surface area contributed by atoms with E-state index in [-0.39, 0.29) is 11.7 Å². The smallest absolute Gasteiger partial charge is 0.264 e. The van der Waals surface area contributed by atoms with Gasteiger partial charge in [-0.05, 0) is 47.7 Å². The zero-order valence-corrected chi connectivity index (χ0v) is 11.7. The number of aromatic nitrogens is 1. The van der Waals surface area contributed by atoms with Crippen molar-refractivity contribution in [3.8, 4) is 5.75 Å². The molecule has 1 aromatic carbocycles. The first kappa shape index (κ1) is 13.4. The third-order valence-corrected chi connectivity index (χ3v) is 3.63. The van der Waals surface area contributed by atoms with Crippen LogP contribution in [0.1, 0.15) is 5.56 Å². The number of hydrogen-bond donors (Lipinski definition) is 2. The number of carbonyl (C=O) groups is 1. The van der Waals surface area contributed by atoms with Gasteiger partial charge in [0.25, 0.3) is 5.91 Å². The highest BCUT2D eigenvalue weighted by Gasteiger charge is 2.23. The van der Waals surface area contributed by atoms with E-state index in [1.165, 1.54) is 11.8 Å². The number of amidine groups is 1. The molecule has 0 spiro atoms. The van der Waals surface area contributed by atoms with Crippen molar-refractivity contribution in [3.63, 3.8) is 0 Å². The van der Waals surface area contributed by atoms with Crippen LogP contribution < -0.4 is 5.32 Å². The second-order valence-electron chi connectivity index (χ2n) is 4.28. The molecule has 0 atom stereocenters. The minimum Gasteiger partial charge on any atom is -0.508 e. The minimum absolute atomic E-state index is 0.185. The Morgan fingerprint density at radius 3 is 2.76 bits per heavy atom. The monoisotopic (exact) mass is 297 g/mol. The Hall–Kier alpha value is -2.60. The average Bonchev–Trinajstić information content (AvgIpc) is 2.82. The Morgan fingerprint density at radius 2 is 2.05 bits per heavy atom. The molecule has 0 unspecified atom stereocenters. The first-order valence-corrected chi connectivity index (χ1v) is 7.01. The zero-order chi connectivity index (χ0) is 14.7. The Labute approximate surface area is 125 Å². The van der Waals surface area contributed by atoms with Crippen molar-refractivity contribution in [2.45, 2.75) is 0 Å². The number of amides is 1. The van der Waals surface area contributed by atoms with Gasteiger partial charge in [0, 0.05) is 6.20 Å². The van der Waals surface area contributed by atoms with Crippen LogP contribution >= 0.6 is 11.8 Å². The molecule has 0 aliphatic carbocycles. The summed E-state index contributed by atoms with van der Waals surface area (Å²) in [7, 11) is 0. The molecule has 1 aliphatic rings. The van der Waals surface area contributed by atoms with Crippen LogP contribution in [0.15, 0.2) is 58.7 Å². The molecule has 2 aromatic rings. The number of nitrogens with one attached hydrogen (secondary N) is 1. The van der Waals surface area contributed by atoms with Crippen LogP contribution in [0.2, 0.25) is 0 Å². The number of rotatable bonds is 2. The second-order valence-corrected chi connectivity index (χ2v) is 5.32. The van der Waals surface area contributed by atoms with Crippen molar-refractivity contribution in [2.24, 2.45) is 4.99 Å². The van der Waals surface area contributed by atoms with Crippen molar-refractivity contribution >= 4 is 34.6 Å². The summed E-state index contributed by atoms with van der Waals surface area (Å²) in [6.45, 7) is 0. The van der Waals surface area contributed by atoms with Gasteiger partial charge in [0.05, 0.1) is 16.8 Å². The quantitative estimate of drug-likeness (QED) is 0.836. The van der Waals surface area contributed by atoms with Crippen molar-refractivity contribution in [1.82, 2.24) is 10.3 Å². The van der Waals surface area contributed by atoms with E-state index in [4.69, 9.17) is 0 Å². The van der Waals surface area contributed by atoms with Crippen LogP contribution in [-0.2, 0) is 4.79 Å². The molecule has 21 heavy (non-hydrogen) atoms. The van der Waals surface area contributed by atoms with Gasteiger partial charge in [-0.1, -0.05) is 12.1 Å². The van der Waals surface area contributed by atoms with E-state index in [1.807, 2.05) is 6.07 Å². The lowest BCUT2D eigenvalue weighted by molar-refractivity contribution is -0.115. The summed E-state index contributed by atoms with van der Waals surface area (Å²) in [6, 6.07) is 10.2. The van der Waals surface area contributed by atoms with Crippen LogP contribution in [-0.4, -0.2) is 21.2 Å². The van der Waals surface area contributed by atoms with E-state index in [9.17, 15) is 9.90 Å². The van der Waals surface area contributed by atoms with Crippen LogP contribution in [0.25, 0.3) is 6.08 Å². The number of phenols is 1. The van der Waals surface area contributed by atoms with Crippen molar-refractivity contribution < 1.29 is 9.90 Å². The SMILES string of the molecule is O=C1NC(=Nc2cccnc2)S/C1=C/c1ccc(O)cc1. The van der Waals surface area contributed by atoms with Gasteiger partial charge in [-0.15, -0.1) is 0 Å². The van der Waals surface area contributed by atoms with Gasteiger partial charge in [0.15, 0.2) is 5.17 Å². The minimum atomic E-state index is -0.185. The standard InChI is InChI=1S/C15H11N3O2S/c19-12-5-3-10(4-6-12)8-13-14(20)18-15(21-13)17-11-2-1-7-16-9-11/h1-9,19H,(H,17,18,20)/b13-8+. The van der Waals surface area contributed by atoms with E-state index in [2.05, 4.69) is 15.3 Å². The second kappa shape index (κ2) is 5.80. The van der Waals surface area contributed by atoms with Crippen molar-refractivity contribution in [2.75, 3.05) is 0 Å². The van der Waals surface area contributed by atoms with E-state index in [0.29, 0.717) is 15.8 Å². The van der Waals surface area contributed by atoms with Gasteiger partial charge >= 0.3 is 0 Å². The predicted octanol–water partition coefficient (Wildman–Crippen LogP) is 2.68. The third-order valence-electron chi connectivity index (χ3n) is 2.72. The maximum absolute atomic E-state index is 11.9. The number of thioether (sulfide) groups is 1. The number of phenolic OH excluding ortho intramolecular Hbond substituents is 1. The largest absolute Gasteiger partial charge is 0.508 e. The van der Waals surface area contributed by atoms with Gasteiger partial charge < -0.3 is 10.4 Å². The van der Waals surface area contributed by atoms with E-state index >= 15 is 0 Å². The van der Waals surface area contributed by atoms with Gasteiger partial charge in [-0.25, -0.2) is 4.99 Å². The number of aromatic hydroxyl groups is 1. The van der Waals surface area contributed by atoms with E-state index < -0.39 is 0 Å². The first-order chi connectivity index (χ1) is 10.2. The highest BCUT2D eigenvalue weighted by atomic mass is 32.2. The molecule has 1 amide bonds. The molecule has 0 saturated carbocycles. The summed E-state index contributed by atoms with van der Waals surface area (Å²) >= 11 is 1.27. The predicted molar refractivity (Wildman–Crippen MR) is 83.1 cm³/mol. The van der Waals surface area contributed by atoms with E-state index in [0.717, 1.165) is 5.56 Å². The number of aliphatic imine (C=N–C) groups is 1. The molecule has 1 aliphatic heterocycles. The van der Waals surface area contributed by atoms with Crippen molar-refractivity contribution in [3.05, 3.63) is 59.3 Å². The molecular weight excluding hydrogens is 286 g/mol. The van der Waals surface area contributed by atoms with Crippen LogP contribution in [0.3, 0.4) is 0 Å². The molecule has 1 aromatic heterocycles. The molecule has 2 heterocycles. The molecule has 6 heteroatoms. The number of pyridine rings is 1. The summed E-state index contributed by atoms with van der Waals surface area (Å²) in [5, 5.41) is 12.5. The lowest BCUT2D eigenvalue weighted by Crippen LogP contribution is -2.19. The molecule has 104 valence electrons. The highest BCUT2D eigenvalue weighted by Crippen LogP contribution is 2.28. The summed E-state index contributed by atoms with van der Waals surface area (Å²) in [5.74, 6) is 0.00946. The Balaban J connectivity index is 1.82. The van der Waals surface area contributed by atoms with Crippen LogP contribution in [0.4, 0.5) is 5.69 Å². The van der Waals surface area contributed by atoms with Crippen LogP contribution in [0, 0.1) is 0 Å². The molecule has 1 saturated heterocycles. The Morgan fingerprint density at radius 1 is 1.24 bits per heavy atom. The Bertz CT molecular complexity index is 724. The van der Waals surface area contributed by atoms with Crippen molar-refractivity contribution in [1.29, 1.82) is 0 Å². The molecule has 2 N–H and O–H groups in total. The van der Waals surface area contributed by atoms with Gasteiger partial charge in [-0.2, -0.15) is 0 Å². The number of carbonyl (C=O) groups excluding carboxylic acids is 1. The fourth-order valence-corrected chi connectivity index (χ4v) is 2.58. The maximum Gasteiger partial charge on any atom is 0.264 e. The number of nitrogens with zero attached hydrogens (tertiary/aromatic N) is 2. The fraction of sp³-hybridized carbons (Fsp3) is 0.